The van der Waals surface area contributed by atoms with Crippen molar-refractivity contribution >= 4 is 23.0 Å². The fourth-order valence-corrected chi connectivity index (χ4v) is 1.94. The number of aliphatic hydroxyl groups excluding tert-OH is 1. The first kappa shape index (κ1) is 12.2. The van der Waals surface area contributed by atoms with E-state index in [2.05, 4.69) is 4.98 Å². The van der Waals surface area contributed by atoms with E-state index in [1.165, 1.54) is 0 Å². The van der Waals surface area contributed by atoms with Gasteiger partial charge in [-0.2, -0.15) is 0 Å². The van der Waals surface area contributed by atoms with Gasteiger partial charge in [0.1, 0.15) is 10.8 Å². The first-order valence-electron chi connectivity index (χ1n) is 5.44. The van der Waals surface area contributed by atoms with Crippen molar-refractivity contribution in [1.29, 1.82) is 0 Å². The number of rotatable bonds is 3. The van der Waals surface area contributed by atoms with Gasteiger partial charge in [0, 0.05) is 6.54 Å². The molecule has 5 nitrogen and oxygen atoms in total. The van der Waals surface area contributed by atoms with Gasteiger partial charge in [-0.1, -0.05) is 18.3 Å². The third-order valence-corrected chi connectivity index (χ3v) is 2.93. The first-order chi connectivity index (χ1) is 8.22. The van der Waals surface area contributed by atoms with Crippen LogP contribution in [0.25, 0.3) is 0 Å². The smallest absolute Gasteiger partial charge is 0.129 e. The Morgan fingerprint density at radius 3 is 3.18 bits per heavy atom. The molecule has 1 aliphatic heterocycles. The van der Waals surface area contributed by atoms with Crippen LogP contribution in [0.5, 0.6) is 0 Å². The van der Waals surface area contributed by atoms with Gasteiger partial charge in [0.2, 0.25) is 0 Å². The molecule has 92 valence electrons. The van der Waals surface area contributed by atoms with Gasteiger partial charge in [-0.15, -0.1) is 0 Å². The molecule has 2 rings (SSSR count). The number of aromatic nitrogens is 1. The SMILES string of the molecule is NC(=S)c1cccc(N2CCOCC2CO)n1. The minimum atomic E-state index is -0.0576. The van der Waals surface area contributed by atoms with Crippen LogP contribution in [-0.2, 0) is 4.74 Å². The maximum atomic E-state index is 9.30. The zero-order chi connectivity index (χ0) is 12.3. The predicted octanol–water partition coefficient (Wildman–Crippen LogP) is -0.0867. The lowest BCUT2D eigenvalue weighted by Gasteiger charge is -2.35. The van der Waals surface area contributed by atoms with Crippen LogP contribution in [0.1, 0.15) is 5.69 Å². The molecule has 0 bridgehead atoms. The highest BCUT2D eigenvalue weighted by molar-refractivity contribution is 7.80. The summed E-state index contributed by atoms with van der Waals surface area (Å²) in [6.45, 7) is 1.89. The van der Waals surface area contributed by atoms with Crippen LogP contribution in [0.2, 0.25) is 0 Å². The van der Waals surface area contributed by atoms with Crippen molar-refractivity contribution < 1.29 is 9.84 Å². The van der Waals surface area contributed by atoms with Crippen LogP contribution in [0.3, 0.4) is 0 Å². The van der Waals surface area contributed by atoms with E-state index in [0.717, 1.165) is 5.82 Å². The lowest BCUT2D eigenvalue weighted by Crippen LogP contribution is -2.48. The summed E-state index contributed by atoms with van der Waals surface area (Å²) in [5.74, 6) is 0.776. The molecule has 0 aromatic carbocycles. The molecule has 1 aromatic rings. The molecule has 1 saturated heterocycles. The van der Waals surface area contributed by atoms with Crippen LogP contribution >= 0.6 is 12.2 Å². The fourth-order valence-electron chi connectivity index (χ4n) is 1.83. The molecule has 0 saturated carbocycles. The Balaban J connectivity index is 2.25. The van der Waals surface area contributed by atoms with E-state index in [-0.39, 0.29) is 17.6 Å². The quantitative estimate of drug-likeness (QED) is 0.734. The molecule has 0 amide bonds. The summed E-state index contributed by atoms with van der Waals surface area (Å²) in [7, 11) is 0. The van der Waals surface area contributed by atoms with Gasteiger partial charge >= 0.3 is 0 Å². The zero-order valence-electron chi connectivity index (χ0n) is 9.37. The van der Waals surface area contributed by atoms with Gasteiger partial charge in [0.05, 0.1) is 31.6 Å². The lowest BCUT2D eigenvalue weighted by molar-refractivity contribution is 0.0723. The van der Waals surface area contributed by atoms with Crippen molar-refractivity contribution in [3.05, 3.63) is 23.9 Å². The topological polar surface area (TPSA) is 71.6 Å². The number of pyridine rings is 1. The highest BCUT2D eigenvalue weighted by Crippen LogP contribution is 2.17. The Kier molecular flexibility index (Phi) is 3.88. The van der Waals surface area contributed by atoms with Crippen molar-refractivity contribution in [2.75, 3.05) is 31.3 Å². The Hall–Kier alpha value is -1.24. The Bertz CT molecular complexity index is 413. The second-order valence-electron chi connectivity index (χ2n) is 3.85. The summed E-state index contributed by atoms with van der Waals surface area (Å²) in [5, 5.41) is 9.30. The van der Waals surface area contributed by atoms with Gasteiger partial charge in [0.25, 0.3) is 0 Å². The minimum Gasteiger partial charge on any atom is -0.394 e. The molecule has 3 N–H and O–H groups in total. The standard InChI is InChI=1S/C11H15N3O2S/c12-11(17)9-2-1-3-10(13-9)14-4-5-16-7-8(14)6-15/h1-3,8,15H,4-7H2,(H2,12,17). The van der Waals surface area contributed by atoms with Crippen LogP contribution in [0, 0.1) is 0 Å². The van der Waals surface area contributed by atoms with E-state index in [1.807, 2.05) is 17.0 Å². The van der Waals surface area contributed by atoms with Crippen molar-refractivity contribution in [2.45, 2.75) is 6.04 Å². The highest BCUT2D eigenvalue weighted by atomic mass is 32.1. The monoisotopic (exact) mass is 253 g/mol. The molecule has 1 unspecified atom stereocenters. The maximum Gasteiger partial charge on any atom is 0.129 e. The normalized spacial score (nSPS) is 20.3. The van der Waals surface area contributed by atoms with Crippen LogP contribution in [0.15, 0.2) is 18.2 Å². The second-order valence-corrected chi connectivity index (χ2v) is 4.29. The van der Waals surface area contributed by atoms with Crippen molar-refractivity contribution in [3.63, 3.8) is 0 Å². The molecular formula is C11H15N3O2S. The third kappa shape index (κ3) is 2.71. The fraction of sp³-hybridized carbons (Fsp3) is 0.455. The number of morpholine rings is 1. The molecule has 6 heteroatoms. The van der Waals surface area contributed by atoms with Gasteiger partial charge in [0.15, 0.2) is 0 Å². The molecule has 1 atom stereocenters. The summed E-state index contributed by atoms with van der Waals surface area (Å²) in [4.78, 5) is 6.68. The average Bonchev–Trinajstić information content (AvgIpc) is 2.39. The summed E-state index contributed by atoms with van der Waals surface area (Å²) in [6.07, 6.45) is 0. The number of nitrogens with two attached hydrogens (primary N) is 1. The van der Waals surface area contributed by atoms with E-state index in [1.54, 1.807) is 6.07 Å². The van der Waals surface area contributed by atoms with E-state index in [4.69, 9.17) is 22.7 Å². The Labute approximate surface area is 105 Å². The minimum absolute atomic E-state index is 0.0407. The summed E-state index contributed by atoms with van der Waals surface area (Å²) >= 11 is 4.90. The predicted molar refractivity (Wildman–Crippen MR) is 69.2 cm³/mol. The van der Waals surface area contributed by atoms with Crippen molar-refractivity contribution in [3.8, 4) is 0 Å². The van der Waals surface area contributed by atoms with E-state index < -0.39 is 0 Å². The number of nitrogens with zero attached hydrogens (tertiary/aromatic N) is 2. The Morgan fingerprint density at radius 2 is 2.47 bits per heavy atom. The number of hydrogen-bond donors (Lipinski definition) is 2. The summed E-state index contributed by atoms with van der Waals surface area (Å²) in [6, 6.07) is 5.47. The molecule has 1 aliphatic rings. The van der Waals surface area contributed by atoms with Gasteiger partial charge < -0.3 is 20.5 Å². The number of aliphatic hydroxyl groups is 1. The third-order valence-electron chi connectivity index (χ3n) is 2.72. The zero-order valence-corrected chi connectivity index (χ0v) is 10.2. The number of ether oxygens (including phenoxy) is 1. The maximum absolute atomic E-state index is 9.30. The Morgan fingerprint density at radius 1 is 1.65 bits per heavy atom. The molecule has 2 heterocycles. The van der Waals surface area contributed by atoms with Crippen LogP contribution < -0.4 is 10.6 Å². The van der Waals surface area contributed by atoms with Crippen molar-refractivity contribution in [2.24, 2.45) is 5.73 Å². The first-order valence-corrected chi connectivity index (χ1v) is 5.85. The summed E-state index contributed by atoms with van der Waals surface area (Å²) < 4.78 is 5.32. The van der Waals surface area contributed by atoms with E-state index >= 15 is 0 Å². The second kappa shape index (κ2) is 5.39. The molecule has 0 aliphatic carbocycles. The van der Waals surface area contributed by atoms with Gasteiger partial charge in [-0.05, 0) is 12.1 Å². The van der Waals surface area contributed by atoms with Crippen LogP contribution in [0.4, 0.5) is 5.82 Å². The molecule has 17 heavy (non-hydrogen) atoms. The van der Waals surface area contributed by atoms with E-state index in [9.17, 15) is 5.11 Å². The van der Waals surface area contributed by atoms with E-state index in [0.29, 0.717) is 25.5 Å². The van der Waals surface area contributed by atoms with Gasteiger partial charge in [-0.3, -0.25) is 0 Å². The molecule has 1 aromatic heterocycles. The van der Waals surface area contributed by atoms with Crippen molar-refractivity contribution in [1.82, 2.24) is 4.98 Å². The summed E-state index contributed by atoms with van der Waals surface area (Å²) in [5.41, 5.74) is 6.15. The lowest BCUT2D eigenvalue weighted by atomic mass is 10.2. The number of anilines is 1. The number of hydrogen-bond acceptors (Lipinski definition) is 5. The molecule has 0 spiro atoms. The molecule has 0 radical (unpaired) electrons. The highest BCUT2D eigenvalue weighted by Gasteiger charge is 2.23. The largest absolute Gasteiger partial charge is 0.394 e. The average molecular weight is 253 g/mol. The molecular weight excluding hydrogens is 238 g/mol. The van der Waals surface area contributed by atoms with Gasteiger partial charge in [-0.25, -0.2) is 4.98 Å². The number of thiocarbonyl (C=S) groups is 1. The molecule has 1 fully saturated rings. The van der Waals surface area contributed by atoms with Crippen LogP contribution in [-0.4, -0.2) is 47.5 Å².